The number of nitrogens with two attached hydrogens (primary N) is 1. The summed E-state index contributed by atoms with van der Waals surface area (Å²) >= 11 is 0. The molecule has 100 valence electrons. The van der Waals surface area contributed by atoms with Gasteiger partial charge in [0.2, 0.25) is 0 Å². The fourth-order valence-corrected chi connectivity index (χ4v) is 2.18. The van der Waals surface area contributed by atoms with Gasteiger partial charge in [-0.3, -0.25) is 5.32 Å². The topological polar surface area (TPSA) is 88.1 Å². The molecule has 5 heteroatoms. The molecule has 19 heavy (non-hydrogen) atoms. The number of nitriles is 1. The van der Waals surface area contributed by atoms with Crippen LogP contribution in [0.2, 0.25) is 0 Å². The Morgan fingerprint density at radius 3 is 2.63 bits per heavy atom. The van der Waals surface area contributed by atoms with E-state index in [1.807, 2.05) is 6.07 Å². The van der Waals surface area contributed by atoms with E-state index in [4.69, 9.17) is 15.7 Å². The first-order valence-corrected chi connectivity index (χ1v) is 6.42. The molecule has 0 saturated heterocycles. The number of benzene rings is 1. The van der Waals surface area contributed by atoms with Crippen LogP contribution in [-0.4, -0.2) is 18.2 Å². The quantitative estimate of drug-likeness (QED) is 0.853. The number of carbonyl (C=O) groups is 1. The standard InChI is InChI=1S/C14H17N3O2/c15-9-10-5-7-11(8-6-10)17-14(18)19-13-4-2-1-3-12(13)16/h5-8,12-13H,1-4,16H2,(H,17,18). The van der Waals surface area contributed by atoms with Crippen molar-refractivity contribution in [2.45, 2.75) is 37.8 Å². The highest BCUT2D eigenvalue weighted by Gasteiger charge is 2.25. The fourth-order valence-electron chi connectivity index (χ4n) is 2.18. The van der Waals surface area contributed by atoms with Crippen molar-refractivity contribution in [3.05, 3.63) is 29.8 Å². The van der Waals surface area contributed by atoms with Gasteiger partial charge in [-0.15, -0.1) is 0 Å². The van der Waals surface area contributed by atoms with Crippen LogP contribution in [0.1, 0.15) is 31.2 Å². The Kier molecular flexibility index (Phi) is 4.37. The Balaban J connectivity index is 1.88. The van der Waals surface area contributed by atoms with E-state index in [9.17, 15) is 4.79 Å². The second-order valence-corrected chi connectivity index (χ2v) is 4.71. The van der Waals surface area contributed by atoms with Crippen molar-refractivity contribution in [1.29, 1.82) is 5.26 Å². The summed E-state index contributed by atoms with van der Waals surface area (Å²) in [4.78, 5) is 11.7. The van der Waals surface area contributed by atoms with E-state index in [1.54, 1.807) is 24.3 Å². The summed E-state index contributed by atoms with van der Waals surface area (Å²) in [7, 11) is 0. The van der Waals surface area contributed by atoms with Gasteiger partial charge < -0.3 is 10.5 Å². The van der Waals surface area contributed by atoms with E-state index < -0.39 is 6.09 Å². The zero-order chi connectivity index (χ0) is 13.7. The van der Waals surface area contributed by atoms with Crippen molar-refractivity contribution in [3.63, 3.8) is 0 Å². The average molecular weight is 259 g/mol. The summed E-state index contributed by atoms with van der Waals surface area (Å²) in [5.74, 6) is 0. The molecule has 1 fully saturated rings. The zero-order valence-corrected chi connectivity index (χ0v) is 10.6. The van der Waals surface area contributed by atoms with Crippen LogP contribution in [0.3, 0.4) is 0 Å². The minimum absolute atomic E-state index is 0.0690. The number of hydrogen-bond acceptors (Lipinski definition) is 4. The summed E-state index contributed by atoms with van der Waals surface area (Å²) in [5.41, 5.74) is 7.07. The maximum Gasteiger partial charge on any atom is 0.411 e. The predicted octanol–water partition coefficient (Wildman–Crippen LogP) is 2.38. The molecule has 1 aliphatic rings. The highest BCUT2D eigenvalue weighted by Crippen LogP contribution is 2.20. The lowest BCUT2D eigenvalue weighted by molar-refractivity contribution is 0.0728. The number of rotatable bonds is 2. The van der Waals surface area contributed by atoms with Gasteiger partial charge in [0.05, 0.1) is 11.6 Å². The summed E-state index contributed by atoms with van der Waals surface area (Å²) < 4.78 is 5.32. The van der Waals surface area contributed by atoms with Gasteiger partial charge in [-0.25, -0.2) is 4.79 Å². The van der Waals surface area contributed by atoms with Gasteiger partial charge in [-0.05, 0) is 43.5 Å². The van der Waals surface area contributed by atoms with Crippen LogP contribution in [0.5, 0.6) is 0 Å². The highest BCUT2D eigenvalue weighted by atomic mass is 16.6. The van der Waals surface area contributed by atoms with Crippen molar-refractivity contribution in [2.24, 2.45) is 5.73 Å². The largest absolute Gasteiger partial charge is 0.444 e. The maximum absolute atomic E-state index is 11.7. The van der Waals surface area contributed by atoms with Gasteiger partial charge >= 0.3 is 6.09 Å². The molecule has 1 amide bonds. The molecule has 1 aromatic carbocycles. The SMILES string of the molecule is N#Cc1ccc(NC(=O)OC2CCCCC2N)cc1. The molecule has 5 nitrogen and oxygen atoms in total. The normalized spacial score (nSPS) is 22.3. The summed E-state index contributed by atoms with van der Waals surface area (Å²) in [6.07, 6.45) is 3.16. The number of amides is 1. The molecule has 0 aromatic heterocycles. The number of ether oxygens (including phenoxy) is 1. The summed E-state index contributed by atoms with van der Waals surface area (Å²) in [6.45, 7) is 0. The first kappa shape index (κ1) is 13.4. The Bertz CT molecular complexity index is 478. The lowest BCUT2D eigenvalue weighted by Crippen LogP contribution is -2.41. The smallest absolute Gasteiger partial charge is 0.411 e. The fraction of sp³-hybridized carbons (Fsp3) is 0.429. The molecule has 0 heterocycles. The number of anilines is 1. The lowest BCUT2D eigenvalue weighted by Gasteiger charge is -2.28. The van der Waals surface area contributed by atoms with E-state index in [0.29, 0.717) is 11.3 Å². The molecular formula is C14H17N3O2. The predicted molar refractivity (Wildman–Crippen MR) is 71.5 cm³/mol. The van der Waals surface area contributed by atoms with Crippen molar-refractivity contribution < 1.29 is 9.53 Å². The second-order valence-electron chi connectivity index (χ2n) is 4.71. The molecule has 2 unspecified atom stereocenters. The van der Waals surface area contributed by atoms with Crippen LogP contribution in [0.4, 0.5) is 10.5 Å². The van der Waals surface area contributed by atoms with Gasteiger partial charge in [-0.2, -0.15) is 5.26 Å². The lowest BCUT2D eigenvalue weighted by atomic mass is 9.93. The third-order valence-corrected chi connectivity index (χ3v) is 3.27. The van der Waals surface area contributed by atoms with Crippen LogP contribution in [0.15, 0.2) is 24.3 Å². The van der Waals surface area contributed by atoms with Crippen LogP contribution >= 0.6 is 0 Å². The Morgan fingerprint density at radius 1 is 1.32 bits per heavy atom. The molecule has 2 atom stereocenters. The zero-order valence-electron chi connectivity index (χ0n) is 10.6. The van der Waals surface area contributed by atoms with Crippen molar-refractivity contribution in [1.82, 2.24) is 0 Å². The molecule has 0 radical (unpaired) electrons. The van der Waals surface area contributed by atoms with Gasteiger partial charge in [0.25, 0.3) is 0 Å². The molecule has 0 aliphatic heterocycles. The Morgan fingerprint density at radius 2 is 2.00 bits per heavy atom. The number of nitrogens with zero attached hydrogens (tertiary/aromatic N) is 1. The summed E-state index contributed by atoms with van der Waals surface area (Å²) in [6, 6.07) is 8.57. The van der Waals surface area contributed by atoms with Crippen molar-refractivity contribution in [3.8, 4) is 6.07 Å². The summed E-state index contributed by atoms with van der Waals surface area (Å²) in [5, 5.41) is 11.3. The number of hydrogen-bond donors (Lipinski definition) is 2. The maximum atomic E-state index is 11.7. The molecule has 3 N–H and O–H groups in total. The minimum Gasteiger partial charge on any atom is -0.444 e. The Labute approximate surface area is 112 Å². The molecule has 0 spiro atoms. The molecule has 1 aromatic rings. The van der Waals surface area contributed by atoms with E-state index in [-0.39, 0.29) is 12.1 Å². The third kappa shape index (κ3) is 3.70. The monoisotopic (exact) mass is 259 g/mol. The number of nitrogens with one attached hydrogen (secondary N) is 1. The molecule has 1 aliphatic carbocycles. The van der Waals surface area contributed by atoms with E-state index in [2.05, 4.69) is 5.32 Å². The van der Waals surface area contributed by atoms with Gasteiger partial charge in [0, 0.05) is 11.7 Å². The molecule has 2 rings (SSSR count). The van der Waals surface area contributed by atoms with E-state index >= 15 is 0 Å². The van der Waals surface area contributed by atoms with E-state index in [0.717, 1.165) is 25.7 Å². The average Bonchev–Trinajstić information content (AvgIpc) is 2.42. The third-order valence-electron chi connectivity index (χ3n) is 3.27. The molecular weight excluding hydrogens is 242 g/mol. The van der Waals surface area contributed by atoms with Gasteiger partial charge in [-0.1, -0.05) is 6.42 Å². The molecule has 0 bridgehead atoms. The van der Waals surface area contributed by atoms with Gasteiger partial charge in [0.1, 0.15) is 6.10 Å². The second kappa shape index (κ2) is 6.21. The first-order valence-electron chi connectivity index (χ1n) is 6.42. The highest BCUT2D eigenvalue weighted by molar-refractivity contribution is 5.84. The minimum atomic E-state index is -0.493. The van der Waals surface area contributed by atoms with Crippen molar-refractivity contribution in [2.75, 3.05) is 5.32 Å². The first-order chi connectivity index (χ1) is 9.19. The van der Waals surface area contributed by atoms with Gasteiger partial charge in [0.15, 0.2) is 0 Å². The van der Waals surface area contributed by atoms with Crippen molar-refractivity contribution >= 4 is 11.8 Å². The number of carbonyl (C=O) groups excluding carboxylic acids is 1. The van der Waals surface area contributed by atoms with Crippen LogP contribution in [0.25, 0.3) is 0 Å². The van der Waals surface area contributed by atoms with E-state index in [1.165, 1.54) is 0 Å². The van der Waals surface area contributed by atoms with Crippen LogP contribution < -0.4 is 11.1 Å². The Hall–Kier alpha value is -2.06. The molecule has 1 saturated carbocycles. The van der Waals surface area contributed by atoms with Crippen LogP contribution in [-0.2, 0) is 4.74 Å². The van der Waals surface area contributed by atoms with Crippen LogP contribution in [0, 0.1) is 11.3 Å².